The van der Waals surface area contributed by atoms with Gasteiger partial charge in [0.2, 0.25) is 0 Å². The molecule has 4 N–H and O–H groups in total. The number of methoxy groups -OCH3 is 2. The molecular weight excluding hydrogens is 684 g/mol. The maximum atomic E-state index is 12.4. The first-order valence-electron chi connectivity index (χ1n) is 12.5. The highest BCUT2D eigenvalue weighted by atomic mass is 79.9. The normalized spacial score (nSPS) is 15.4. The summed E-state index contributed by atoms with van der Waals surface area (Å²) in [5.74, 6) is 0.0104. The number of urea groups is 1. The Morgan fingerprint density at radius 2 is 1.81 bits per heavy atom. The van der Waals surface area contributed by atoms with E-state index in [1.165, 1.54) is 20.4 Å². The fourth-order valence-corrected chi connectivity index (χ4v) is 5.25. The quantitative estimate of drug-likeness (QED) is 0.105. The van der Waals surface area contributed by atoms with Crippen LogP contribution in [0.2, 0.25) is 0 Å². The molecule has 1 aliphatic heterocycles. The monoisotopic (exact) mass is 712 g/mol. The number of benzene rings is 2. The number of aliphatic hydroxyl groups excluding tert-OH is 1. The Morgan fingerprint density at radius 1 is 1.10 bits per heavy atom. The van der Waals surface area contributed by atoms with Gasteiger partial charge in [0, 0.05) is 5.70 Å². The van der Waals surface area contributed by atoms with Crippen LogP contribution in [0.4, 0.5) is 4.79 Å². The van der Waals surface area contributed by atoms with Gasteiger partial charge >= 0.3 is 18.0 Å². The lowest BCUT2D eigenvalue weighted by atomic mass is 9.95. The number of ether oxygens (including phenoxy) is 5. The summed E-state index contributed by atoms with van der Waals surface area (Å²) in [4.78, 5) is 35.9. The molecule has 0 saturated heterocycles. The molecule has 1 heterocycles. The van der Waals surface area contributed by atoms with E-state index in [1.54, 1.807) is 44.2 Å². The highest BCUT2D eigenvalue weighted by molar-refractivity contribution is 9.11. The first kappa shape index (κ1) is 32.7. The molecule has 0 bridgehead atoms. The van der Waals surface area contributed by atoms with Crippen molar-refractivity contribution in [2.24, 2.45) is 5.10 Å². The summed E-state index contributed by atoms with van der Waals surface area (Å²) in [7, 11) is 2.54. The summed E-state index contributed by atoms with van der Waals surface area (Å²) >= 11 is 6.78. The second-order valence-corrected chi connectivity index (χ2v) is 10.3. The number of halogens is 2. The zero-order valence-corrected chi connectivity index (χ0v) is 26.3. The van der Waals surface area contributed by atoms with Gasteiger partial charge < -0.3 is 39.4 Å². The number of carbonyl (C=O) groups excluding carboxylic acids is 3. The van der Waals surface area contributed by atoms with Gasteiger partial charge in [-0.25, -0.2) is 14.4 Å². The van der Waals surface area contributed by atoms with Crippen LogP contribution in [-0.4, -0.2) is 69.6 Å². The van der Waals surface area contributed by atoms with Crippen molar-refractivity contribution in [3.05, 3.63) is 61.7 Å². The molecule has 0 spiro atoms. The van der Waals surface area contributed by atoms with Crippen LogP contribution in [-0.2, 0) is 19.1 Å². The largest absolute Gasteiger partial charge is 0.490 e. The molecule has 2 aromatic rings. The Labute approximate surface area is 258 Å². The minimum absolute atomic E-state index is 0.180. The third kappa shape index (κ3) is 8.59. The Bertz CT molecular complexity index is 1360. The number of allylic oxidation sites excluding steroid dienone is 1. The predicted octanol–water partition coefficient (Wildman–Crippen LogP) is 3.28. The van der Waals surface area contributed by atoms with Crippen molar-refractivity contribution in [1.82, 2.24) is 16.1 Å². The SMILES string of the molecule is CCOc1cc([C@@H]2NC(=O)NC(C)=C2C(=O)OC)ccc1OC[C@H](O)N/N=C\c1cc(Br)c(OCC(=O)OC)c(Br)c1. The molecule has 2 atom stereocenters. The highest BCUT2D eigenvalue weighted by Crippen LogP contribution is 2.36. The molecule has 2 aromatic carbocycles. The number of aliphatic hydroxyl groups is 1. The van der Waals surface area contributed by atoms with Gasteiger partial charge in [-0.2, -0.15) is 5.10 Å². The molecule has 0 saturated carbocycles. The summed E-state index contributed by atoms with van der Waals surface area (Å²) < 4.78 is 27.6. The number of hydrogen-bond acceptors (Lipinski definition) is 11. The van der Waals surface area contributed by atoms with Crippen LogP contribution in [0.25, 0.3) is 0 Å². The Hall–Kier alpha value is -3.82. The Kier molecular flexibility index (Phi) is 12.0. The van der Waals surface area contributed by atoms with Crippen LogP contribution in [0, 0.1) is 0 Å². The number of carbonyl (C=O) groups is 3. The van der Waals surface area contributed by atoms with Crippen molar-refractivity contribution in [1.29, 1.82) is 0 Å². The molecule has 0 fully saturated rings. The van der Waals surface area contributed by atoms with Crippen molar-refractivity contribution < 1.29 is 43.2 Å². The Morgan fingerprint density at radius 3 is 2.45 bits per heavy atom. The smallest absolute Gasteiger partial charge is 0.343 e. The second-order valence-electron chi connectivity index (χ2n) is 8.59. The summed E-state index contributed by atoms with van der Waals surface area (Å²) in [5, 5.41) is 19.7. The molecule has 42 heavy (non-hydrogen) atoms. The van der Waals surface area contributed by atoms with Crippen LogP contribution < -0.4 is 30.3 Å². The van der Waals surface area contributed by atoms with E-state index >= 15 is 0 Å². The third-order valence-electron chi connectivity index (χ3n) is 5.69. The first-order valence-corrected chi connectivity index (χ1v) is 14.1. The van der Waals surface area contributed by atoms with Crippen LogP contribution >= 0.6 is 31.9 Å². The van der Waals surface area contributed by atoms with Gasteiger partial charge in [-0.05, 0) is 81.1 Å². The molecule has 15 heteroatoms. The summed E-state index contributed by atoms with van der Waals surface area (Å²) in [6, 6.07) is 7.15. The molecule has 226 valence electrons. The lowest BCUT2D eigenvalue weighted by Gasteiger charge is -2.28. The molecule has 3 rings (SSSR count). The third-order valence-corrected chi connectivity index (χ3v) is 6.87. The molecule has 0 unspecified atom stereocenters. The van der Waals surface area contributed by atoms with E-state index < -0.39 is 30.2 Å². The van der Waals surface area contributed by atoms with E-state index in [1.807, 2.05) is 0 Å². The van der Waals surface area contributed by atoms with Gasteiger partial charge in [-0.3, -0.25) is 5.43 Å². The van der Waals surface area contributed by atoms with Crippen molar-refractivity contribution in [2.75, 3.05) is 34.0 Å². The minimum Gasteiger partial charge on any atom is -0.490 e. The van der Waals surface area contributed by atoms with E-state index in [2.05, 4.69) is 57.8 Å². The number of hydrogen-bond donors (Lipinski definition) is 4. The molecule has 0 radical (unpaired) electrons. The molecule has 2 amide bonds. The summed E-state index contributed by atoms with van der Waals surface area (Å²) in [6.07, 6.45) is 0.301. The van der Waals surface area contributed by atoms with Crippen molar-refractivity contribution in [3.8, 4) is 17.2 Å². The first-order chi connectivity index (χ1) is 20.1. The van der Waals surface area contributed by atoms with Gasteiger partial charge in [-0.15, -0.1) is 0 Å². The van der Waals surface area contributed by atoms with Gasteiger partial charge in [-0.1, -0.05) is 6.07 Å². The molecular formula is C27H30Br2N4O9. The van der Waals surface area contributed by atoms with Crippen LogP contribution in [0.15, 0.2) is 55.6 Å². The topological polar surface area (TPSA) is 166 Å². The number of rotatable bonds is 13. The van der Waals surface area contributed by atoms with E-state index in [-0.39, 0.29) is 18.8 Å². The van der Waals surface area contributed by atoms with E-state index in [0.717, 1.165) is 0 Å². The summed E-state index contributed by atoms with van der Waals surface area (Å²) in [6.45, 7) is 3.31. The van der Waals surface area contributed by atoms with Gasteiger partial charge in [0.1, 0.15) is 12.4 Å². The average Bonchev–Trinajstić information content (AvgIpc) is 2.95. The predicted molar refractivity (Wildman–Crippen MR) is 158 cm³/mol. The van der Waals surface area contributed by atoms with Gasteiger partial charge in [0.25, 0.3) is 0 Å². The maximum absolute atomic E-state index is 12.4. The minimum atomic E-state index is -1.18. The maximum Gasteiger partial charge on any atom is 0.343 e. The van der Waals surface area contributed by atoms with Crippen LogP contribution in [0.5, 0.6) is 17.2 Å². The lowest BCUT2D eigenvalue weighted by Crippen LogP contribution is -2.45. The average molecular weight is 714 g/mol. The second kappa shape index (κ2) is 15.4. The van der Waals surface area contributed by atoms with Crippen molar-refractivity contribution in [3.63, 3.8) is 0 Å². The fourth-order valence-electron chi connectivity index (χ4n) is 3.80. The lowest BCUT2D eigenvalue weighted by molar-refractivity contribution is -0.143. The molecule has 13 nitrogen and oxygen atoms in total. The van der Waals surface area contributed by atoms with Crippen molar-refractivity contribution in [2.45, 2.75) is 26.1 Å². The number of hydrazone groups is 1. The molecule has 0 aliphatic carbocycles. The van der Waals surface area contributed by atoms with Gasteiger partial charge in [0.15, 0.2) is 24.3 Å². The zero-order valence-electron chi connectivity index (χ0n) is 23.2. The number of nitrogens with one attached hydrogen (secondary N) is 3. The van der Waals surface area contributed by atoms with E-state index in [0.29, 0.717) is 49.6 Å². The van der Waals surface area contributed by atoms with Gasteiger partial charge in [0.05, 0.1) is 47.6 Å². The standard InChI is InChI=1S/C27H30Br2N4O9/c1-5-40-20-10-16(24-23(26(36)39-4)14(2)31-27(37)32-24)6-7-19(20)41-12-21(34)33-30-11-15-8-17(28)25(18(29)9-15)42-13-22(35)38-3/h6-11,21,24,33-34H,5,12-13H2,1-4H3,(H2,31,32,37)/b30-11-/t21-,24-/m0/s1. The fraction of sp³-hybridized carbons (Fsp3) is 0.333. The number of esters is 2. The molecule has 1 aliphatic rings. The highest BCUT2D eigenvalue weighted by Gasteiger charge is 2.32. The Balaban J connectivity index is 1.65. The summed E-state index contributed by atoms with van der Waals surface area (Å²) in [5.41, 5.74) is 4.45. The number of nitrogens with zero attached hydrogens (tertiary/aromatic N) is 1. The molecule has 0 aromatic heterocycles. The van der Waals surface area contributed by atoms with Crippen LogP contribution in [0.1, 0.15) is 31.0 Å². The van der Waals surface area contributed by atoms with E-state index in [4.69, 9.17) is 18.9 Å². The zero-order chi connectivity index (χ0) is 30.8. The van der Waals surface area contributed by atoms with E-state index in [9.17, 15) is 19.5 Å². The number of amides is 2. The van der Waals surface area contributed by atoms with Crippen LogP contribution in [0.3, 0.4) is 0 Å². The van der Waals surface area contributed by atoms with Crippen molar-refractivity contribution >= 4 is 56.0 Å².